The Hall–Kier alpha value is -0.0400. The summed E-state index contributed by atoms with van der Waals surface area (Å²) < 4.78 is 0. The molecular weight excluding hydrogens is 170 g/mol. The molecule has 0 aromatic rings. The van der Waals surface area contributed by atoms with E-state index in [9.17, 15) is 0 Å². The lowest BCUT2D eigenvalue weighted by molar-refractivity contribution is 0.202. The van der Waals surface area contributed by atoms with E-state index < -0.39 is 0 Å². The number of rotatable bonds is 2. The van der Waals surface area contributed by atoms with Crippen LogP contribution >= 0.6 is 0 Å². The Morgan fingerprint density at radius 2 is 1.57 bits per heavy atom. The Morgan fingerprint density at radius 1 is 1.07 bits per heavy atom. The first kappa shape index (κ1) is 10.5. The zero-order valence-corrected chi connectivity index (χ0v) is 10.1. The van der Waals surface area contributed by atoms with Gasteiger partial charge in [-0.3, -0.25) is 0 Å². The Bertz CT molecular complexity index is 199. The lowest BCUT2D eigenvalue weighted by Gasteiger charge is -2.36. The lowest BCUT2D eigenvalue weighted by atomic mass is 9.78. The largest absolute Gasteiger partial charge is 0.310 e. The first-order chi connectivity index (χ1) is 6.50. The first-order valence-corrected chi connectivity index (χ1v) is 6.27. The molecule has 0 bridgehead atoms. The van der Waals surface area contributed by atoms with Gasteiger partial charge in [-0.25, -0.2) is 0 Å². The van der Waals surface area contributed by atoms with Crippen molar-refractivity contribution in [1.29, 1.82) is 0 Å². The van der Waals surface area contributed by atoms with E-state index in [-0.39, 0.29) is 0 Å². The molecule has 0 aliphatic heterocycles. The van der Waals surface area contributed by atoms with Crippen molar-refractivity contribution in [3.63, 3.8) is 0 Å². The standard InChI is InChI=1S/C13H25N/c1-9-6-5-7-10(2)12(9)14-11-8-13(11,3)4/h9-12,14H,5-8H2,1-4H3. The fourth-order valence-electron chi connectivity index (χ4n) is 2.99. The topological polar surface area (TPSA) is 12.0 Å². The molecule has 3 atom stereocenters. The molecule has 0 radical (unpaired) electrons. The molecule has 0 aromatic carbocycles. The van der Waals surface area contributed by atoms with Crippen LogP contribution in [0.5, 0.6) is 0 Å². The summed E-state index contributed by atoms with van der Waals surface area (Å²) in [6, 6.07) is 1.59. The monoisotopic (exact) mass is 195 g/mol. The molecule has 2 saturated carbocycles. The minimum absolute atomic E-state index is 0.580. The zero-order chi connectivity index (χ0) is 10.3. The summed E-state index contributed by atoms with van der Waals surface area (Å²) in [5.41, 5.74) is 0.580. The molecule has 14 heavy (non-hydrogen) atoms. The van der Waals surface area contributed by atoms with Gasteiger partial charge in [0, 0.05) is 12.1 Å². The molecule has 1 nitrogen and oxygen atoms in total. The van der Waals surface area contributed by atoms with Gasteiger partial charge in [-0.05, 0) is 36.5 Å². The SMILES string of the molecule is CC1CCCC(C)C1NC1CC1(C)C. The van der Waals surface area contributed by atoms with Crippen molar-refractivity contribution in [2.24, 2.45) is 17.3 Å². The van der Waals surface area contributed by atoms with Crippen LogP contribution in [0.1, 0.15) is 53.4 Å². The fourth-order valence-corrected chi connectivity index (χ4v) is 2.99. The van der Waals surface area contributed by atoms with E-state index in [1.165, 1.54) is 25.7 Å². The second kappa shape index (κ2) is 3.52. The highest BCUT2D eigenvalue weighted by Crippen LogP contribution is 2.46. The van der Waals surface area contributed by atoms with Gasteiger partial charge in [0.2, 0.25) is 0 Å². The third-order valence-electron chi connectivity index (χ3n) is 4.45. The van der Waals surface area contributed by atoms with Crippen LogP contribution in [0.15, 0.2) is 0 Å². The van der Waals surface area contributed by atoms with Crippen LogP contribution in [0.4, 0.5) is 0 Å². The van der Waals surface area contributed by atoms with E-state index in [1.807, 2.05) is 0 Å². The summed E-state index contributed by atoms with van der Waals surface area (Å²) >= 11 is 0. The van der Waals surface area contributed by atoms with Crippen molar-refractivity contribution in [2.75, 3.05) is 0 Å². The fraction of sp³-hybridized carbons (Fsp3) is 1.00. The molecule has 2 fully saturated rings. The molecule has 0 heterocycles. The smallest absolute Gasteiger partial charge is 0.0127 e. The van der Waals surface area contributed by atoms with Gasteiger partial charge >= 0.3 is 0 Å². The Balaban J connectivity index is 1.89. The third kappa shape index (κ3) is 1.98. The number of hydrogen-bond donors (Lipinski definition) is 1. The second-order valence-electron chi connectivity index (χ2n) is 6.32. The summed E-state index contributed by atoms with van der Waals surface area (Å²) in [5, 5.41) is 3.88. The Morgan fingerprint density at radius 3 is 2.00 bits per heavy atom. The number of nitrogens with one attached hydrogen (secondary N) is 1. The highest BCUT2D eigenvalue weighted by molar-refractivity contribution is 5.04. The lowest BCUT2D eigenvalue weighted by Crippen LogP contribution is -2.44. The van der Waals surface area contributed by atoms with Crippen LogP contribution < -0.4 is 5.32 Å². The van der Waals surface area contributed by atoms with E-state index in [0.29, 0.717) is 5.41 Å². The molecule has 1 heteroatoms. The van der Waals surface area contributed by atoms with E-state index in [1.54, 1.807) is 0 Å². The molecule has 0 saturated heterocycles. The highest BCUT2D eigenvalue weighted by Gasteiger charge is 2.47. The Labute approximate surface area is 88.7 Å². The summed E-state index contributed by atoms with van der Waals surface area (Å²) in [5.74, 6) is 1.77. The molecule has 2 aliphatic carbocycles. The third-order valence-corrected chi connectivity index (χ3v) is 4.45. The van der Waals surface area contributed by atoms with Gasteiger partial charge in [0.25, 0.3) is 0 Å². The maximum absolute atomic E-state index is 3.88. The predicted octanol–water partition coefficient (Wildman–Crippen LogP) is 3.20. The van der Waals surface area contributed by atoms with Crippen molar-refractivity contribution < 1.29 is 0 Å². The minimum Gasteiger partial charge on any atom is -0.310 e. The van der Waals surface area contributed by atoms with Crippen LogP contribution in [0.25, 0.3) is 0 Å². The van der Waals surface area contributed by atoms with Crippen LogP contribution in [-0.4, -0.2) is 12.1 Å². The van der Waals surface area contributed by atoms with Gasteiger partial charge in [0.05, 0.1) is 0 Å². The number of hydrogen-bond acceptors (Lipinski definition) is 1. The molecule has 2 rings (SSSR count). The summed E-state index contributed by atoms with van der Waals surface area (Å²) in [7, 11) is 0. The van der Waals surface area contributed by atoms with Crippen molar-refractivity contribution in [3.8, 4) is 0 Å². The minimum atomic E-state index is 0.580. The predicted molar refractivity (Wildman–Crippen MR) is 61.3 cm³/mol. The highest BCUT2D eigenvalue weighted by atomic mass is 15.0. The van der Waals surface area contributed by atoms with Crippen LogP contribution in [0.3, 0.4) is 0 Å². The maximum atomic E-state index is 3.88. The van der Waals surface area contributed by atoms with Crippen LogP contribution in [0, 0.1) is 17.3 Å². The van der Waals surface area contributed by atoms with Crippen molar-refractivity contribution in [3.05, 3.63) is 0 Å². The van der Waals surface area contributed by atoms with Gasteiger partial charge in [-0.2, -0.15) is 0 Å². The molecular formula is C13H25N. The molecule has 0 aromatic heterocycles. The van der Waals surface area contributed by atoms with E-state index >= 15 is 0 Å². The Kier molecular flexibility index (Phi) is 2.63. The summed E-state index contributed by atoms with van der Waals surface area (Å²) in [6.07, 6.45) is 5.67. The second-order valence-corrected chi connectivity index (χ2v) is 6.32. The van der Waals surface area contributed by atoms with Crippen molar-refractivity contribution in [1.82, 2.24) is 5.32 Å². The van der Waals surface area contributed by atoms with E-state index in [0.717, 1.165) is 23.9 Å². The zero-order valence-electron chi connectivity index (χ0n) is 10.1. The molecule has 0 amide bonds. The van der Waals surface area contributed by atoms with Gasteiger partial charge in [-0.1, -0.05) is 34.1 Å². The quantitative estimate of drug-likeness (QED) is 0.713. The van der Waals surface area contributed by atoms with Crippen molar-refractivity contribution in [2.45, 2.75) is 65.5 Å². The van der Waals surface area contributed by atoms with Gasteiger partial charge in [0.15, 0.2) is 0 Å². The van der Waals surface area contributed by atoms with Gasteiger partial charge < -0.3 is 5.32 Å². The molecule has 3 unspecified atom stereocenters. The first-order valence-electron chi connectivity index (χ1n) is 6.27. The van der Waals surface area contributed by atoms with Crippen molar-refractivity contribution >= 4 is 0 Å². The van der Waals surface area contributed by atoms with Crippen LogP contribution in [0.2, 0.25) is 0 Å². The summed E-state index contributed by atoms with van der Waals surface area (Å²) in [6.45, 7) is 9.59. The summed E-state index contributed by atoms with van der Waals surface area (Å²) in [4.78, 5) is 0. The maximum Gasteiger partial charge on any atom is 0.0127 e. The normalized spacial score (nSPS) is 46.3. The van der Waals surface area contributed by atoms with Gasteiger partial charge in [-0.15, -0.1) is 0 Å². The van der Waals surface area contributed by atoms with E-state index in [4.69, 9.17) is 0 Å². The molecule has 1 N–H and O–H groups in total. The van der Waals surface area contributed by atoms with Gasteiger partial charge in [0.1, 0.15) is 0 Å². The average Bonchev–Trinajstić information content (AvgIpc) is 2.67. The molecule has 2 aliphatic rings. The average molecular weight is 195 g/mol. The van der Waals surface area contributed by atoms with E-state index in [2.05, 4.69) is 33.0 Å². The molecule has 0 spiro atoms. The van der Waals surface area contributed by atoms with Crippen LogP contribution in [-0.2, 0) is 0 Å². The molecule has 82 valence electrons.